The van der Waals surface area contributed by atoms with Crippen LogP contribution < -0.4 is 0 Å². The van der Waals surface area contributed by atoms with Crippen molar-refractivity contribution in [1.82, 2.24) is 4.90 Å². The minimum absolute atomic E-state index is 0.140. The number of rotatable bonds is 5. The summed E-state index contributed by atoms with van der Waals surface area (Å²) < 4.78 is 5.42. The van der Waals surface area contributed by atoms with Crippen molar-refractivity contribution in [3.05, 3.63) is 24.2 Å². The van der Waals surface area contributed by atoms with Crippen molar-refractivity contribution in [1.29, 1.82) is 0 Å². The Morgan fingerprint density at radius 1 is 1.47 bits per heavy atom. The maximum atomic E-state index is 10.2. The summed E-state index contributed by atoms with van der Waals surface area (Å²) in [6.45, 7) is 9.59. The van der Waals surface area contributed by atoms with Crippen LogP contribution in [0, 0.1) is 11.3 Å². The summed E-state index contributed by atoms with van der Waals surface area (Å²) in [7, 11) is 0. The van der Waals surface area contributed by atoms with Crippen LogP contribution in [0.25, 0.3) is 0 Å². The fourth-order valence-corrected chi connectivity index (χ4v) is 3.17. The Morgan fingerprint density at radius 3 is 2.89 bits per heavy atom. The van der Waals surface area contributed by atoms with Gasteiger partial charge in [0.05, 0.1) is 18.9 Å². The lowest BCUT2D eigenvalue weighted by molar-refractivity contribution is 0.00290. The molecule has 0 amide bonds. The third-order valence-corrected chi connectivity index (χ3v) is 4.38. The van der Waals surface area contributed by atoms with Crippen LogP contribution in [0.3, 0.4) is 0 Å². The molecule has 3 heteroatoms. The Hall–Kier alpha value is -0.800. The lowest BCUT2D eigenvalue weighted by Crippen LogP contribution is -2.40. The molecule has 1 aliphatic carbocycles. The fraction of sp³-hybridized carbons (Fsp3) is 0.750. The molecular formula is C16H27NO2. The second-order valence-electron chi connectivity index (χ2n) is 6.64. The average molecular weight is 265 g/mol. The van der Waals surface area contributed by atoms with Crippen LogP contribution in [0.4, 0.5) is 0 Å². The number of hydrogen-bond donors (Lipinski definition) is 1. The zero-order chi connectivity index (χ0) is 13.9. The van der Waals surface area contributed by atoms with Crippen LogP contribution in [0.1, 0.15) is 45.8 Å². The van der Waals surface area contributed by atoms with Crippen molar-refractivity contribution >= 4 is 0 Å². The molecule has 2 rings (SSSR count). The highest BCUT2D eigenvalue weighted by molar-refractivity contribution is 4.98. The molecule has 1 aromatic rings. The van der Waals surface area contributed by atoms with E-state index in [4.69, 9.17) is 4.42 Å². The molecular weight excluding hydrogens is 238 g/mol. The maximum absolute atomic E-state index is 10.2. The SMILES string of the molecule is CCN(Cc1ccco1)CC1CC(C)(C)CCC1O. The first-order valence-electron chi connectivity index (χ1n) is 7.43. The van der Waals surface area contributed by atoms with Gasteiger partial charge < -0.3 is 9.52 Å². The van der Waals surface area contributed by atoms with Crippen LogP contribution >= 0.6 is 0 Å². The summed E-state index contributed by atoms with van der Waals surface area (Å²) in [5, 5.41) is 10.2. The summed E-state index contributed by atoms with van der Waals surface area (Å²) in [5.74, 6) is 1.39. The predicted octanol–water partition coefficient (Wildman–Crippen LogP) is 3.29. The monoisotopic (exact) mass is 265 g/mol. The molecule has 0 spiro atoms. The van der Waals surface area contributed by atoms with E-state index in [9.17, 15) is 5.11 Å². The first-order chi connectivity index (χ1) is 9.00. The Kier molecular flexibility index (Phi) is 4.69. The third-order valence-electron chi connectivity index (χ3n) is 4.38. The van der Waals surface area contributed by atoms with Crippen molar-refractivity contribution in [2.24, 2.45) is 11.3 Å². The van der Waals surface area contributed by atoms with Crippen molar-refractivity contribution in [2.45, 2.75) is 52.7 Å². The van der Waals surface area contributed by atoms with Crippen LogP contribution in [0.5, 0.6) is 0 Å². The molecule has 1 saturated carbocycles. The van der Waals surface area contributed by atoms with Gasteiger partial charge in [-0.3, -0.25) is 4.90 Å². The fourth-order valence-electron chi connectivity index (χ4n) is 3.17. The molecule has 1 heterocycles. The third kappa shape index (κ3) is 4.08. The molecule has 1 aliphatic rings. The number of aliphatic hydroxyl groups is 1. The zero-order valence-electron chi connectivity index (χ0n) is 12.4. The van der Waals surface area contributed by atoms with Crippen molar-refractivity contribution < 1.29 is 9.52 Å². The van der Waals surface area contributed by atoms with Gasteiger partial charge in [0.2, 0.25) is 0 Å². The largest absolute Gasteiger partial charge is 0.468 e. The minimum Gasteiger partial charge on any atom is -0.468 e. The zero-order valence-corrected chi connectivity index (χ0v) is 12.4. The van der Waals surface area contributed by atoms with Crippen molar-refractivity contribution in [3.63, 3.8) is 0 Å². The van der Waals surface area contributed by atoms with Crippen LogP contribution in [0.2, 0.25) is 0 Å². The Bertz CT molecular complexity index is 372. The molecule has 19 heavy (non-hydrogen) atoms. The molecule has 0 radical (unpaired) electrons. The standard InChI is InChI=1S/C16H27NO2/c1-4-17(12-14-6-5-9-19-14)11-13-10-16(2,3)8-7-15(13)18/h5-6,9,13,15,18H,4,7-8,10-12H2,1-3H3. The van der Waals surface area contributed by atoms with Gasteiger partial charge in [0.1, 0.15) is 5.76 Å². The minimum atomic E-state index is -0.140. The van der Waals surface area contributed by atoms with Crippen LogP contribution in [0.15, 0.2) is 22.8 Å². The summed E-state index contributed by atoms with van der Waals surface area (Å²) in [5.41, 5.74) is 0.369. The van der Waals surface area contributed by atoms with Crippen LogP contribution in [-0.4, -0.2) is 29.2 Å². The van der Waals surface area contributed by atoms with Crippen molar-refractivity contribution in [2.75, 3.05) is 13.1 Å². The van der Waals surface area contributed by atoms with E-state index in [2.05, 4.69) is 25.7 Å². The van der Waals surface area contributed by atoms with E-state index in [1.807, 2.05) is 12.1 Å². The van der Waals surface area contributed by atoms with E-state index in [0.717, 1.165) is 44.7 Å². The van der Waals surface area contributed by atoms with Gasteiger partial charge in [-0.15, -0.1) is 0 Å². The van der Waals surface area contributed by atoms with E-state index >= 15 is 0 Å². The van der Waals surface area contributed by atoms with E-state index < -0.39 is 0 Å². The maximum Gasteiger partial charge on any atom is 0.117 e. The molecule has 0 saturated heterocycles. The van der Waals surface area contributed by atoms with Gasteiger partial charge in [0.15, 0.2) is 0 Å². The first kappa shape index (κ1) is 14.6. The summed E-state index contributed by atoms with van der Waals surface area (Å²) in [6, 6.07) is 3.95. The summed E-state index contributed by atoms with van der Waals surface area (Å²) in [6.07, 6.45) is 4.77. The molecule has 3 nitrogen and oxygen atoms in total. The lowest BCUT2D eigenvalue weighted by Gasteiger charge is -2.40. The summed E-state index contributed by atoms with van der Waals surface area (Å²) in [4.78, 5) is 2.37. The number of nitrogens with zero attached hydrogens (tertiary/aromatic N) is 1. The number of hydrogen-bond acceptors (Lipinski definition) is 3. The molecule has 1 fully saturated rings. The van der Waals surface area contributed by atoms with Gasteiger partial charge in [-0.1, -0.05) is 20.8 Å². The van der Waals surface area contributed by atoms with E-state index in [1.165, 1.54) is 0 Å². The summed E-state index contributed by atoms with van der Waals surface area (Å²) >= 11 is 0. The Morgan fingerprint density at radius 2 is 2.26 bits per heavy atom. The highest BCUT2D eigenvalue weighted by atomic mass is 16.3. The molecule has 1 aromatic heterocycles. The number of furan rings is 1. The van der Waals surface area contributed by atoms with Gasteiger partial charge in [-0.2, -0.15) is 0 Å². The number of aliphatic hydroxyl groups excluding tert-OH is 1. The molecule has 2 unspecified atom stereocenters. The highest BCUT2D eigenvalue weighted by Gasteiger charge is 2.34. The van der Waals surface area contributed by atoms with Crippen LogP contribution in [-0.2, 0) is 6.54 Å². The van der Waals surface area contributed by atoms with E-state index in [1.54, 1.807) is 6.26 Å². The Labute approximate surface area is 116 Å². The predicted molar refractivity (Wildman–Crippen MR) is 76.8 cm³/mol. The second-order valence-corrected chi connectivity index (χ2v) is 6.64. The van der Waals surface area contributed by atoms with Gasteiger partial charge in [-0.25, -0.2) is 0 Å². The molecule has 0 bridgehead atoms. The first-order valence-corrected chi connectivity index (χ1v) is 7.43. The molecule has 108 valence electrons. The lowest BCUT2D eigenvalue weighted by atomic mass is 9.70. The molecule has 1 N–H and O–H groups in total. The van der Waals surface area contributed by atoms with Gasteiger partial charge in [0.25, 0.3) is 0 Å². The molecule has 0 aromatic carbocycles. The molecule has 2 atom stereocenters. The second kappa shape index (κ2) is 6.10. The quantitative estimate of drug-likeness (QED) is 0.887. The van der Waals surface area contributed by atoms with Gasteiger partial charge in [-0.05, 0) is 49.3 Å². The average Bonchev–Trinajstić information content (AvgIpc) is 2.85. The smallest absolute Gasteiger partial charge is 0.117 e. The van der Waals surface area contributed by atoms with E-state index in [0.29, 0.717) is 11.3 Å². The normalized spacial score (nSPS) is 26.8. The van der Waals surface area contributed by atoms with Gasteiger partial charge >= 0.3 is 0 Å². The molecule has 0 aliphatic heterocycles. The van der Waals surface area contributed by atoms with Gasteiger partial charge in [0, 0.05) is 6.54 Å². The topological polar surface area (TPSA) is 36.6 Å². The van der Waals surface area contributed by atoms with E-state index in [-0.39, 0.29) is 6.10 Å². The van der Waals surface area contributed by atoms with Crippen molar-refractivity contribution in [3.8, 4) is 0 Å². The highest BCUT2D eigenvalue weighted by Crippen LogP contribution is 2.39. The Balaban J connectivity index is 1.93.